The molecule has 2 atom stereocenters. The number of piperidine rings is 2. The Bertz CT molecular complexity index is 629. The van der Waals surface area contributed by atoms with Crippen molar-refractivity contribution < 1.29 is 5.11 Å². The van der Waals surface area contributed by atoms with Gasteiger partial charge in [-0.05, 0) is 43.4 Å². The van der Waals surface area contributed by atoms with Crippen LogP contribution in [0, 0.1) is 0 Å². The van der Waals surface area contributed by atoms with E-state index in [0.29, 0.717) is 12.1 Å². The predicted molar refractivity (Wildman–Crippen MR) is 90.8 cm³/mol. The van der Waals surface area contributed by atoms with Crippen LogP contribution in [0.2, 0.25) is 0 Å². The van der Waals surface area contributed by atoms with Gasteiger partial charge in [0.2, 0.25) is 0 Å². The fourth-order valence-electron chi connectivity index (χ4n) is 4.42. The van der Waals surface area contributed by atoms with E-state index < -0.39 is 5.60 Å². The van der Waals surface area contributed by atoms with Crippen LogP contribution in [0.3, 0.4) is 0 Å². The third kappa shape index (κ3) is 2.91. The Morgan fingerprint density at radius 3 is 2.35 bits per heavy atom. The molecule has 2 aromatic rings. The van der Waals surface area contributed by atoms with Crippen molar-refractivity contribution >= 4 is 0 Å². The SMILES string of the molecule is OC1(c2ccccn2)CC2CCCC(C1)N2Cc1ccccc1. The van der Waals surface area contributed by atoms with Crippen molar-refractivity contribution in [3.63, 3.8) is 0 Å². The molecule has 1 N–H and O–H groups in total. The molecule has 2 fully saturated rings. The Kier molecular flexibility index (Phi) is 3.92. The Hall–Kier alpha value is -1.71. The summed E-state index contributed by atoms with van der Waals surface area (Å²) in [4.78, 5) is 7.06. The number of nitrogens with zero attached hydrogens (tertiary/aromatic N) is 2. The summed E-state index contributed by atoms with van der Waals surface area (Å²) in [5.41, 5.74) is 1.45. The Balaban J connectivity index is 1.57. The Labute approximate surface area is 138 Å². The summed E-state index contributed by atoms with van der Waals surface area (Å²) < 4.78 is 0. The lowest BCUT2D eigenvalue weighted by molar-refractivity contribution is -0.102. The topological polar surface area (TPSA) is 36.4 Å². The third-order valence-electron chi connectivity index (χ3n) is 5.51. The number of aliphatic hydroxyl groups is 1. The minimum absolute atomic E-state index is 0.453. The van der Waals surface area contributed by atoms with Gasteiger partial charge < -0.3 is 5.11 Å². The molecule has 1 aromatic heterocycles. The number of aromatic nitrogens is 1. The minimum atomic E-state index is -0.760. The van der Waals surface area contributed by atoms with E-state index in [0.717, 1.165) is 25.1 Å². The molecule has 23 heavy (non-hydrogen) atoms. The van der Waals surface area contributed by atoms with Crippen LogP contribution in [0.1, 0.15) is 43.4 Å². The van der Waals surface area contributed by atoms with Gasteiger partial charge in [0, 0.05) is 24.8 Å². The lowest BCUT2D eigenvalue weighted by Crippen LogP contribution is -2.56. The van der Waals surface area contributed by atoms with Crippen LogP contribution in [0.15, 0.2) is 54.7 Å². The fourth-order valence-corrected chi connectivity index (χ4v) is 4.42. The molecule has 1 aromatic carbocycles. The maximum Gasteiger partial charge on any atom is 0.109 e. The molecule has 2 aliphatic heterocycles. The molecule has 3 nitrogen and oxygen atoms in total. The first-order valence-electron chi connectivity index (χ1n) is 8.68. The lowest BCUT2D eigenvalue weighted by Gasteiger charge is -2.52. The van der Waals surface area contributed by atoms with Gasteiger partial charge in [0.05, 0.1) is 5.69 Å². The van der Waals surface area contributed by atoms with Gasteiger partial charge in [0.1, 0.15) is 5.60 Å². The predicted octanol–water partition coefficient (Wildman–Crippen LogP) is 3.49. The molecule has 0 aliphatic carbocycles. The highest BCUT2D eigenvalue weighted by atomic mass is 16.3. The van der Waals surface area contributed by atoms with Gasteiger partial charge in [0.15, 0.2) is 0 Å². The van der Waals surface area contributed by atoms with Crippen LogP contribution in [0.5, 0.6) is 0 Å². The number of benzene rings is 1. The van der Waals surface area contributed by atoms with Crippen LogP contribution in [0.25, 0.3) is 0 Å². The van der Waals surface area contributed by atoms with Gasteiger partial charge >= 0.3 is 0 Å². The molecular formula is C20H24N2O. The third-order valence-corrected chi connectivity index (χ3v) is 5.51. The zero-order valence-electron chi connectivity index (χ0n) is 13.4. The highest BCUT2D eigenvalue weighted by Gasteiger charge is 2.46. The summed E-state index contributed by atoms with van der Waals surface area (Å²) in [5.74, 6) is 0. The monoisotopic (exact) mass is 308 g/mol. The summed E-state index contributed by atoms with van der Waals surface area (Å²) in [6.45, 7) is 0.995. The van der Waals surface area contributed by atoms with E-state index in [1.807, 2.05) is 18.2 Å². The Morgan fingerprint density at radius 1 is 1.00 bits per heavy atom. The smallest absolute Gasteiger partial charge is 0.109 e. The quantitative estimate of drug-likeness (QED) is 0.943. The molecule has 0 amide bonds. The average molecular weight is 308 g/mol. The van der Waals surface area contributed by atoms with Gasteiger partial charge in [-0.25, -0.2) is 0 Å². The van der Waals surface area contributed by atoms with E-state index in [-0.39, 0.29) is 0 Å². The van der Waals surface area contributed by atoms with Crippen LogP contribution in [-0.2, 0) is 12.1 Å². The second-order valence-electron chi connectivity index (χ2n) is 7.05. The van der Waals surface area contributed by atoms with Gasteiger partial charge in [-0.1, -0.05) is 42.8 Å². The van der Waals surface area contributed by atoms with Crippen molar-refractivity contribution in [2.75, 3.05) is 0 Å². The highest BCUT2D eigenvalue weighted by Crippen LogP contribution is 2.44. The molecule has 4 rings (SSSR count). The van der Waals surface area contributed by atoms with Gasteiger partial charge in [-0.3, -0.25) is 9.88 Å². The van der Waals surface area contributed by atoms with Crippen molar-refractivity contribution in [3.8, 4) is 0 Å². The maximum atomic E-state index is 11.2. The van der Waals surface area contributed by atoms with Crippen LogP contribution in [-0.4, -0.2) is 27.1 Å². The van der Waals surface area contributed by atoms with Gasteiger partial charge in [0.25, 0.3) is 0 Å². The largest absolute Gasteiger partial charge is 0.383 e. The second kappa shape index (κ2) is 6.06. The summed E-state index contributed by atoms with van der Waals surface area (Å²) in [7, 11) is 0. The molecule has 0 spiro atoms. The molecule has 2 saturated heterocycles. The van der Waals surface area contributed by atoms with E-state index in [4.69, 9.17) is 0 Å². The number of hydrogen-bond acceptors (Lipinski definition) is 3. The summed E-state index contributed by atoms with van der Waals surface area (Å²) >= 11 is 0. The molecule has 3 heterocycles. The Morgan fingerprint density at radius 2 is 1.70 bits per heavy atom. The van der Waals surface area contributed by atoms with E-state index in [2.05, 4.69) is 40.2 Å². The first-order valence-corrected chi connectivity index (χ1v) is 8.68. The van der Waals surface area contributed by atoms with E-state index in [9.17, 15) is 5.11 Å². The van der Waals surface area contributed by atoms with Gasteiger partial charge in [-0.15, -0.1) is 0 Å². The summed E-state index contributed by atoms with van der Waals surface area (Å²) in [6, 6.07) is 17.5. The molecule has 3 heteroatoms. The second-order valence-corrected chi connectivity index (χ2v) is 7.05. The van der Waals surface area contributed by atoms with E-state index in [1.165, 1.54) is 24.8 Å². The average Bonchev–Trinajstić information content (AvgIpc) is 2.58. The van der Waals surface area contributed by atoms with Crippen molar-refractivity contribution in [2.24, 2.45) is 0 Å². The first-order chi connectivity index (χ1) is 11.2. The number of rotatable bonds is 3. The van der Waals surface area contributed by atoms with Crippen LogP contribution >= 0.6 is 0 Å². The standard InChI is InChI=1S/C20H24N2O/c23-20(19-11-4-5-12-21-19)13-17-9-6-10-18(14-20)22(17)15-16-7-2-1-3-8-16/h1-5,7-8,11-12,17-18,23H,6,9-10,13-15H2. The minimum Gasteiger partial charge on any atom is -0.383 e. The number of fused-ring (bicyclic) bond motifs is 2. The maximum absolute atomic E-state index is 11.2. The van der Waals surface area contributed by atoms with Crippen LogP contribution < -0.4 is 0 Å². The fraction of sp³-hybridized carbons (Fsp3) is 0.450. The molecule has 0 radical (unpaired) electrons. The molecule has 120 valence electrons. The van der Waals surface area contributed by atoms with E-state index in [1.54, 1.807) is 6.20 Å². The van der Waals surface area contributed by atoms with Crippen molar-refractivity contribution in [2.45, 2.75) is 56.3 Å². The first kappa shape index (κ1) is 14.9. The van der Waals surface area contributed by atoms with Crippen LogP contribution in [0.4, 0.5) is 0 Å². The molecule has 2 aliphatic rings. The summed E-state index contributed by atoms with van der Waals surface area (Å²) in [5, 5.41) is 11.2. The molecule has 2 unspecified atom stereocenters. The number of hydrogen-bond donors (Lipinski definition) is 1. The lowest BCUT2D eigenvalue weighted by atomic mass is 9.74. The highest BCUT2D eigenvalue weighted by molar-refractivity contribution is 5.19. The zero-order valence-corrected chi connectivity index (χ0v) is 13.4. The van der Waals surface area contributed by atoms with Crippen molar-refractivity contribution in [1.29, 1.82) is 0 Å². The van der Waals surface area contributed by atoms with Crippen molar-refractivity contribution in [3.05, 3.63) is 66.0 Å². The molecular weight excluding hydrogens is 284 g/mol. The van der Waals surface area contributed by atoms with Crippen molar-refractivity contribution in [1.82, 2.24) is 9.88 Å². The number of pyridine rings is 1. The normalized spacial score (nSPS) is 31.0. The zero-order chi connectivity index (χ0) is 15.7. The molecule has 0 saturated carbocycles. The molecule has 2 bridgehead atoms. The van der Waals surface area contributed by atoms with E-state index >= 15 is 0 Å². The van der Waals surface area contributed by atoms with Gasteiger partial charge in [-0.2, -0.15) is 0 Å². The summed E-state index contributed by atoms with van der Waals surface area (Å²) in [6.07, 6.45) is 7.02.